The van der Waals surface area contributed by atoms with E-state index in [0.29, 0.717) is 22.9 Å². The number of anilines is 1. The summed E-state index contributed by atoms with van der Waals surface area (Å²) in [6.07, 6.45) is 0.578. The van der Waals surface area contributed by atoms with Crippen LogP contribution in [0.2, 0.25) is 0 Å². The Hall–Kier alpha value is -3.51. The van der Waals surface area contributed by atoms with Crippen LogP contribution >= 0.6 is 11.8 Å². The lowest BCUT2D eigenvalue weighted by atomic mass is 9.98. The van der Waals surface area contributed by atoms with E-state index < -0.39 is 6.04 Å². The molecule has 6 heteroatoms. The van der Waals surface area contributed by atoms with Gasteiger partial charge in [-0.15, -0.1) is 11.8 Å². The number of hydrogen-bond acceptors (Lipinski definition) is 4. The molecule has 0 saturated carbocycles. The van der Waals surface area contributed by atoms with Crippen molar-refractivity contribution < 1.29 is 9.53 Å². The van der Waals surface area contributed by atoms with Crippen LogP contribution in [0.5, 0.6) is 5.75 Å². The van der Waals surface area contributed by atoms with Crippen LogP contribution in [0.25, 0.3) is 10.8 Å². The number of aryl methyl sites for hydroxylation is 1. The van der Waals surface area contributed by atoms with Crippen molar-refractivity contribution in [3.05, 3.63) is 99.8 Å². The third-order valence-corrected chi connectivity index (χ3v) is 7.15. The molecule has 33 heavy (non-hydrogen) atoms. The normalized spacial score (nSPS) is 14.8. The Balaban J connectivity index is 1.49. The highest BCUT2D eigenvalue weighted by atomic mass is 32.2. The fourth-order valence-corrected chi connectivity index (χ4v) is 5.67. The van der Waals surface area contributed by atoms with E-state index in [4.69, 9.17) is 4.74 Å². The number of rotatable bonds is 5. The zero-order valence-corrected chi connectivity index (χ0v) is 19.3. The molecular formula is C27H24N2O3S. The summed E-state index contributed by atoms with van der Waals surface area (Å²) in [6.45, 7) is 2.00. The Bertz CT molecular complexity index is 1400. The molecule has 5 nitrogen and oxygen atoms in total. The van der Waals surface area contributed by atoms with Gasteiger partial charge in [0.15, 0.2) is 5.75 Å². The molecule has 1 N–H and O–H groups in total. The molecule has 1 aliphatic heterocycles. The van der Waals surface area contributed by atoms with E-state index in [2.05, 4.69) is 29.6 Å². The van der Waals surface area contributed by atoms with Crippen molar-refractivity contribution in [1.29, 1.82) is 0 Å². The standard InChI is InChI=1S/C27H24N2O3S/c1-17-10-12-21(13-11-17)28-26(31)23-16-33-27-25(32-2)20(15-24(30)29(23)27)14-19-8-5-7-18-6-3-4-9-22(18)19/h3-13,15,23H,14,16H2,1-2H3,(H,28,31). The topological polar surface area (TPSA) is 60.3 Å². The van der Waals surface area contributed by atoms with E-state index in [1.165, 1.54) is 11.8 Å². The van der Waals surface area contributed by atoms with Gasteiger partial charge < -0.3 is 10.1 Å². The average Bonchev–Trinajstić information content (AvgIpc) is 3.27. The Morgan fingerprint density at radius 3 is 2.61 bits per heavy atom. The van der Waals surface area contributed by atoms with Gasteiger partial charge in [-0.25, -0.2) is 0 Å². The van der Waals surface area contributed by atoms with Crippen LogP contribution in [0.15, 0.2) is 82.6 Å². The van der Waals surface area contributed by atoms with Gasteiger partial charge in [-0.05, 0) is 35.4 Å². The number of thioether (sulfide) groups is 1. The minimum atomic E-state index is -0.584. The number of pyridine rings is 1. The number of benzene rings is 3. The van der Waals surface area contributed by atoms with Crippen molar-refractivity contribution in [2.24, 2.45) is 0 Å². The van der Waals surface area contributed by atoms with Crippen LogP contribution in [-0.2, 0) is 11.2 Å². The molecule has 0 spiro atoms. The number of carbonyl (C=O) groups excluding carboxylic acids is 1. The third-order valence-electron chi connectivity index (χ3n) is 6.02. The highest BCUT2D eigenvalue weighted by molar-refractivity contribution is 7.99. The fourth-order valence-electron chi connectivity index (χ4n) is 4.35. The SMILES string of the molecule is COc1c(Cc2cccc3ccccc23)cc(=O)n2c1SCC2C(=O)Nc1ccc(C)cc1. The lowest BCUT2D eigenvalue weighted by Crippen LogP contribution is -2.32. The number of carbonyl (C=O) groups is 1. The summed E-state index contributed by atoms with van der Waals surface area (Å²) in [5, 5.41) is 5.97. The first-order valence-electron chi connectivity index (χ1n) is 10.8. The molecule has 1 amide bonds. The minimum absolute atomic E-state index is 0.185. The van der Waals surface area contributed by atoms with Crippen LogP contribution < -0.4 is 15.6 Å². The van der Waals surface area contributed by atoms with Crippen molar-refractivity contribution in [3.63, 3.8) is 0 Å². The van der Waals surface area contributed by atoms with E-state index in [1.807, 2.05) is 49.4 Å². The molecule has 0 bridgehead atoms. The van der Waals surface area contributed by atoms with Gasteiger partial charge in [0.1, 0.15) is 11.1 Å². The highest BCUT2D eigenvalue weighted by Crippen LogP contribution is 2.41. The number of methoxy groups -OCH3 is 1. The molecule has 0 radical (unpaired) electrons. The molecule has 0 aliphatic carbocycles. The molecule has 1 atom stereocenters. The van der Waals surface area contributed by atoms with Crippen LogP contribution in [0.3, 0.4) is 0 Å². The second kappa shape index (κ2) is 8.79. The number of nitrogens with one attached hydrogen (secondary N) is 1. The Morgan fingerprint density at radius 1 is 1.06 bits per heavy atom. The molecule has 0 fully saturated rings. The number of fused-ring (bicyclic) bond motifs is 2. The summed E-state index contributed by atoms with van der Waals surface area (Å²) < 4.78 is 7.34. The summed E-state index contributed by atoms with van der Waals surface area (Å²) in [5.74, 6) is 0.954. The molecular weight excluding hydrogens is 432 g/mol. The molecule has 5 rings (SSSR count). The second-order valence-corrected chi connectivity index (χ2v) is 9.22. The van der Waals surface area contributed by atoms with E-state index in [0.717, 1.165) is 33.2 Å². The van der Waals surface area contributed by atoms with Crippen molar-refractivity contribution in [1.82, 2.24) is 4.57 Å². The van der Waals surface area contributed by atoms with Crippen LogP contribution in [0.1, 0.15) is 22.7 Å². The Morgan fingerprint density at radius 2 is 1.82 bits per heavy atom. The van der Waals surface area contributed by atoms with Crippen LogP contribution in [-0.4, -0.2) is 23.3 Å². The van der Waals surface area contributed by atoms with Crippen LogP contribution in [0.4, 0.5) is 5.69 Å². The third kappa shape index (κ3) is 4.02. The number of hydrogen-bond donors (Lipinski definition) is 1. The molecule has 1 aliphatic rings. The smallest absolute Gasteiger partial charge is 0.252 e. The molecule has 1 aromatic heterocycles. The highest BCUT2D eigenvalue weighted by Gasteiger charge is 2.33. The maximum atomic E-state index is 13.2. The van der Waals surface area contributed by atoms with Crippen molar-refractivity contribution in [3.8, 4) is 5.75 Å². The summed E-state index contributed by atoms with van der Waals surface area (Å²) in [5.41, 5.74) is 3.62. The van der Waals surface area contributed by atoms with E-state index in [-0.39, 0.29) is 11.5 Å². The monoisotopic (exact) mass is 456 g/mol. The average molecular weight is 457 g/mol. The van der Waals surface area contributed by atoms with Crippen molar-refractivity contribution in [2.45, 2.75) is 24.4 Å². The van der Waals surface area contributed by atoms with Gasteiger partial charge in [0, 0.05) is 29.5 Å². The van der Waals surface area contributed by atoms with Crippen LogP contribution in [0, 0.1) is 6.92 Å². The van der Waals surface area contributed by atoms with E-state index in [1.54, 1.807) is 17.7 Å². The molecule has 1 unspecified atom stereocenters. The molecule has 3 aromatic carbocycles. The van der Waals surface area contributed by atoms with Gasteiger partial charge in [0.2, 0.25) is 5.91 Å². The van der Waals surface area contributed by atoms with E-state index in [9.17, 15) is 9.59 Å². The summed E-state index contributed by atoms with van der Waals surface area (Å²) in [6, 6.07) is 23.1. The van der Waals surface area contributed by atoms with Gasteiger partial charge in [0.25, 0.3) is 5.56 Å². The summed E-state index contributed by atoms with van der Waals surface area (Å²) in [7, 11) is 1.62. The summed E-state index contributed by atoms with van der Waals surface area (Å²) in [4.78, 5) is 26.2. The van der Waals surface area contributed by atoms with Crippen molar-refractivity contribution in [2.75, 3.05) is 18.2 Å². The number of nitrogens with zero attached hydrogens (tertiary/aromatic N) is 1. The molecule has 4 aromatic rings. The minimum Gasteiger partial charge on any atom is -0.494 e. The second-order valence-electron chi connectivity index (χ2n) is 8.21. The van der Waals surface area contributed by atoms with Gasteiger partial charge in [-0.2, -0.15) is 0 Å². The quantitative estimate of drug-likeness (QED) is 0.449. The lowest BCUT2D eigenvalue weighted by molar-refractivity contribution is -0.118. The fraction of sp³-hybridized carbons (Fsp3) is 0.185. The first kappa shape index (κ1) is 21.3. The van der Waals surface area contributed by atoms with Gasteiger partial charge in [-0.1, -0.05) is 60.2 Å². The predicted molar refractivity (Wildman–Crippen MR) is 134 cm³/mol. The molecule has 166 valence electrons. The zero-order chi connectivity index (χ0) is 22.9. The maximum Gasteiger partial charge on any atom is 0.252 e. The van der Waals surface area contributed by atoms with Gasteiger partial charge in [0.05, 0.1) is 7.11 Å². The first-order valence-corrected chi connectivity index (χ1v) is 11.8. The maximum absolute atomic E-state index is 13.2. The number of ether oxygens (including phenoxy) is 1. The first-order chi connectivity index (χ1) is 16.0. The van der Waals surface area contributed by atoms with Gasteiger partial charge in [-0.3, -0.25) is 14.2 Å². The lowest BCUT2D eigenvalue weighted by Gasteiger charge is -2.17. The molecule has 0 saturated heterocycles. The predicted octanol–water partition coefficient (Wildman–Crippen LogP) is 5.19. The van der Waals surface area contributed by atoms with Crippen molar-refractivity contribution >= 4 is 34.1 Å². The van der Waals surface area contributed by atoms with E-state index >= 15 is 0 Å². The summed E-state index contributed by atoms with van der Waals surface area (Å²) >= 11 is 1.49. The zero-order valence-electron chi connectivity index (χ0n) is 18.5. The molecule has 2 heterocycles. The number of aromatic nitrogens is 1. The van der Waals surface area contributed by atoms with Gasteiger partial charge >= 0.3 is 0 Å². The Kier molecular flexibility index (Phi) is 5.68. The Labute approximate surface area is 196 Å². The number of amides is 1. The largest absolute Gasteiger partial charge is 0.494 e.